The number of ether oxygens (including phenoxy) is 3. The monoisotopic (exact) mass is 354 g/mol. The Labute approximate surface area is 142 Å². The second-order valence-corrected chi connectivity index (χ2v) is 5.85. The van der Waals surface area contributed by atoms with Crippen LogP contribution in [0.3, 0.4) is 0 Å². The molecule has 0 aromatic carbocycles. The Hall–Kier alpha value is -2.26. The topological polar surface area (TPSA) is 96.7 Å². The van der Waals surface area contributed by atoms with Crippen molar-refractivity contribution in [2.75, 3.05) is 26.9 Å². The third-order valence-corrected chi connectivity index (χ3v) is 4.41. The molecule has 0 spiro atoms. The molecule has 0 unspecified atom stereocenters. The number of aryl methyl sites for hydroxylation is 1. The molecular formula is C15H18N2O6S. The Balaban J connectivity index is 2.34. The molecule has 0 aliphatic carbocycles. The number of methoxy groups -OCH3 is 1. The Bertz CT molecular complexity index is 810. The van der Waals surface area contributed by atoms with Crippen molar-refractivity contribution >= 4 is 33.5 Å². The van der Waals surface area contributed by atoms with Gasteiger partial charge in [0.25, 0.3) is 5.56 Å². The zero-order valence-corrected chi connectivity index (χ0v) is 14.5. The molecule has 2 aromatic rings. The lowest BCUT2D eigenvalue weighted by molar-refractivity contribution is -0.143. The van der Waals surface area contributed by atoms with Crippen LogP contribution in [0.1, 0.15) is 22.2 Å². The van der Waals surface area contributed by atoms with Crippen molar-refractivity contribution in [2.24, 2.45) is 0 Å². The molecule has 0 atom stereocenters. The second kappa shape index (κ2) is 8.02. The Morgan fingerprint density at radius 3 is 2.71 bits per heavy atom. The van der Waals surface area contributed by atoms with E-state index in [1.165, 1.54) is 18.0 Å². The first kappa shape index (κ1) is 18.1. The van der Waals surface area contributed by atoms with E-state index < -0.39 is 17.5 Å². The van der Waals surface area contributed by atoms with Crippen molar-refractivity contribution < 1.29 is 23.8 Å². The summed E-state index contributed by atoms with van der Waals surface area (Å²) in [6.45, 7) is 3.77. The molecule has 0 radical (unpaired) electrons. The lowest BCUT2D eigenvalue weighted by atomic mass is 10.2. The molecule has 2 rings (SSSR count). The van der Waals surface area contributed by atoms with Gasteiger partial charge in [0.05, 0.1) is 24.9 Å². The van der Waals surface area contributed by atoms with Crippen LogP contribution >= 0.6 is 11.3 Å². The van der Waals surface area contributed by atoms with E-state index in [0.29, 0.717) is 27.3 Å². The van der Waals surface area contributed by atoms with Gasteiger partial charge in [-0.3, -0.25) is 14.2 Å². The summed E-state index contributed by atoms with van der Waals surface area (Å²) in [4.78, 5) is 41.1. The molecule has 0 saturated carbocycles. The minimum atomic E-state index is -0.524. The summed E-state index contributed by atoms with van der Waals surface area (Å²) in [7, 11) is 1.51. The molecule has 0 saturated heterocycles. The first-order valence-electron chi connectivity index (χ1n) is 7.29. The van der Waals surface area contributed by atoms with Gasteiger partial charge in [-0.15, -0.1) is 11.3 Å². The van der Waals surface area contributed by atoms with Gasteiger partial charge in [0.15, 0.2) is 0 Å². The molecule has 0 amide bonds. The van der Waals surface area contributed by atoms with Gasteiger partial charge < -0.3 is 14.2 Å². The quantitative estimate of drug-likeness (QED) is 0.543. The number of carbonyl (C=O) groups is 2. The molecule has 2 aromatic heterocycles. The fourth-order valence-corrected chi connectivity index (χ4v) is 3.13. The van der Waals surface area contributed by atoms with Crippen LogP contribution in [0.25, 0.3) is 10.2 Å². The number of fused-ring (bicyclic) bond motifs is 1. The molecule has 9 heteroatoms. The first-order valence-corrected chi connectivity index (χ1v) is 8.11. The molecule has 2 heterocycles. The van der Waals surface area contributed by atoms with Gasteiger partial charge in [-0.05, 0) is 19.4 Å². The number of esters is 2. The highest BCUT2D eigenvalue weighted by atomic mass is 32.1. The van der Waals surface area contributed by atoms with Gasteiger partial charge in [0.2, 0.25) is 0 Å². The lowest BCUT2D eigenvalue weighted by Gasteiger charge is -2.05. The molecule has 0 aliphatic heterocycles. The third kappa shape index (κ3) is 3.80. The molecular weight excluding hydrogens is 336 g/mol. The fraction of sp³-hybridized carbons (Fsp3) is 0.467. The van der Waals surface area contributed by atoms with Gasteiger partial charge in [0.1, 0.15) is 22.9 Å². The van der Waals surface area contributed by atoms with E-state index >= 15 is 0 Å². The van der Waals surface area contributed by atoms with Crippen molar-refractivity contribution in [3.8, 4) is 0 Å². The smallest absolute Gasteiger partial charge is 0.348 e. The highest BCUT2D eigenvalue weighted by molar-refractivity contribution is 7.20. The van der Waals surface area contributed by atoms with Crippen LogP contribution in [0.4, 0.5) is 0 Å². The van der Waals surface area contributed by atoms with E-state index in [1.54, 1.807) is 13.8 Å². The average Bonchev–Trinajstić information content (AvgIpc) is 2.88. The van der Waals surface area contributed by atoms with Crippen molar-refractivity contribution in [2.45, 2.75) is 20.4 Å². The number of nitrogens with zero attached hydrogens (tertiary/aromatic N) is 2. The van der Waals surface area contributed by atoms with Crippen molar-refractivity contribution in [1.29, 1.82) is 0 Å². The minimum absolute atomic E-state index is 0.129. The fourth-order valence-electron chi connectivity index (χ4n) is 2.10. The van der Waals surface area contributed by atoms with Gasteiger partial charge >= 0.3 is 11.9 Å². The van der Waals surface area contributed by atoms with Crippen LogP contribution in [0.2, 0.25) is 0 Å². The van der Waals surface area contributed by atoms with E-state index in [4.69, 9.17) is 14.2 Å². The predicted molar refractivity (Wildman–Crippen MR) is 87.4 cm³/mol. The standard InChI is InChI=1S/C15H18N2O6S/c1-4-22-10(18)7-17-8-16-13-11(14(17)19)9(2)12(24-13)15(20)23-6-5-21-3/h8H,4-7H2,1-3H3. The molecule has 0 aliphatic rings. The molecule has 0 bridgehead atoms. The Morgan fingerprint density at radius 2 is 2.04 bits per heavy atom. The molecule has 0 fully saturated rings. The van der Waals surface area contributed by atoms with Gasteiger partial charge in [-0.1, -0.05) is 0 Å². The Kier molecular flexibility index (Phi) is 6.04. The van der Waals surface area contributed by atoms with Crippen LogP contribution in [0.5, 0.6) is 0 Å². The number of aromatic nitrogens is 2. The number of rotatable bonds is 7. The Morgan fingerprint density at radius 1 is 1.29 bits per heavy atom. The highest BCUT2D eigenvalue weighted by Crippen LogP contribution is 2.27. The van der Waals surface area contributed by atoms with Crippen molar-refractivity contribution in [3.63, 3.8) is 0 Å². The third-order valence-electron chi connectivity index (χ3n) is 3.23. The number of thiophene rings is 1. The summed E-state index contributed by atoms with van der Waals surface area (Å²) in [6.07, 6.45) is 1.28. The number of hydrogen-bond donors (Lipinski definition) is 0. The molecule has 24 heavy (non-hydrogen) atoms. The van der Waals surface area contributed by atoms with Crippen molar-refractivity contribution in [1.82, 2.24) is 9.55 Å². The SMILES string of the molecule is CCOC(=O)Cn1cnc2sc(C(=O)OCCOC)c(C)c2c1=O. The van der Waals surface area contributed by atoms with E-state index in [1.807, 2.05) is 0 Å². The van der Waals surface area contributed by atoms with Crippen LogP contribution in [0.15, 0.2) is 11.1 Å². The van der Waals surface area contributed by atoms with E-state index in [-0.39, 0.29) is 19.8 Å². The maximum Gasteiger partial charge on any atom is 0.348 e. The minimum Gasteiger partial charge on any atom is -0.465 e. The van der Waals surface area contributed by atoms with Crippen LogP contribution < -0.4 is 5.56 Å². The summed E-state index contributed by atoms with van der Waals surface area (Å²) in [6, 6.07) is 0. The largest absolute Gasteiger partial charge is 0.465 e. The highest BCUT2D eigenvalue weighted by Gasteiger charge is 2.21. The summed E-state index contributed by atoms with van der Waals surface area (Å²) in [5.41, 5.74) is 0.103. The number of hydrogen-bond acceptors (Lipinski definition) is 8. The summed E-state index contributed by atoms with van der Waals surface area (Å²) in [5.74, 6) is -1.04. The maximum atomic E-state index is 12.5. The summed E-state index contributed by atoms with van der Waals surface area (Å²) >= 11 is 1.09. The average molecular weight is 354 g/mol. The maximum absolute atomic E-state index is 12.5. The molecule has 8 nitrogen and oxygen atoms in total. The lowest BCUT2D eigenvalue weighted by Crippen LogP contribution is -2.25. The normalized spacial score (nSPS) is 10.8. The van der Waals surface area contributed by atoms with E-state index in [0.717, 1.165) is 11.3 Å². The first-order chi connectivity index (χ1) is 11.5. The van der Waals surface area contributed by atoms with E-state index in [9.17, 15) is 14.4 Å². The van der Waals surface area contributed by atoms with E-state index in [2.05, 4.69) is 4.98 Å². The van der Waals surface area contributed by atoms with Crippen LogP contribution in [-0.2, 0) is 25.5 Å². The summed E-state index contributed by atoms with van der Waals surface area (Å²) < 4.78 is 15.9. The molecule has 0 N–H and O–H groups in total. The van der Waals surface area contributed by atoms with Gasteiger partial charge in [-0.2, -0.15) is 0 Å². The van der Waals surface area contributed by atoms with Crippen LogP contribution in [-0.4, -0.2) is 48.4 Å². The van der Waals surface area contributed by atoms with Gasteiger partial charge in [-0.25, -0.2) is 9.78 Å². The predicted octanol–water partition coefficient (Wildman–Crippen LogP) is 1.13. The zero-order chi connectivity index (χ0) is 17.7. The van der Waals surface area contributed by atoms with Gasteiger partial charge in [0, 0.05) is 7.11 Å². The second-order valence-electron chi connectivity index (χ2n) is 4.85. The zero-order valence-electron chi connectivity index (χ0n) is 13.7. The molecule has 130 valence electrons. The number of carbonyl (C=O) groups excluding carboxylic acids is 2. The summed E-state index contributed by atoms with van der Waals surface area (Å²) in [5, 5.41) is 0.311. The van der Waals surface area contributed by atoms with Crippen LogP contribution in [0, 0.1) is 6.92 Å². The van der Waals surface area contributed by atoms with Crippen molar-refractivity contribution in [3.05, 3.63) is 27.1 Å².